The maximum atomic E-state index is 13.1. The van der Waals surface area contributed by atoms with Gasteiger partial charge in [0.1, 0.15) is 6.04 Å². The Kier molecular flexibility index (Phi) is 7.43. The minimum Gasteiger partial charge on any atom is -0.377 e. The van der Waals surface area contributed by atoms with Gasteiger partial charge in [0.05, 0.1) is 18.4 Å². The second kappa shape index (κ2) is 10.0. The van der Waals surface area contributed by atoms with Gasteiger partial charge >= 0.3 is 0 Å². The Morgan fingerprint density at radius 3 is 2.17 bits per heavy atom. The Bertz CT molecular complexity index is 774. The summed E-state index contributed by atoms with van der Waals surface area (Å²) in [6.07, 6.45) is 5.54. The minimum atomic E-state index is -0.757. The molecule has 6 heteroatoms. The van der Waals surface area contributed by atoms with Crippen molar-refractivity contribution in [2.45, 2.75) is 59.2 Å². The molecule has 1 saturated heterocycles. The highest BCUT2D eigenvalue weighted by Gasteiger charge is 2.51. The van der Waals surface area contributed by atoms with Crippen molar-refractivity contribution in [3.05, 3.63) is 47.5 Å². The number of imide groups is 1. The maximum Gasteiger partial charge on any atom is 0.243 e. The van der Waals surface area contributed by atoms with Gasteiger partial charge in [0.25, 0.3) is 0 Å². The van der Waals surface area contributed by atoms with E-state index >= 15 is 0 Å². The van der Waals surface area contributed by atoms with E-state index in [1.54, 1.807) is 0 Å². The van der Waals surface area contributed by atoms with Gasteiger partial charge in [-0.25, -0.2) is 0 Å². The Morgan fingerprint density at radius 2 is 1.63 bits per heavy atom. The SMILES string of the molecule is CCOCc1ccc(CNC(=O)C(CC(C)C)N2C(=O)C3CC=CCC3C2=O)cc1. The molecule has 3 atom stereocenters. The standard InChI is InChI=1S/C24H32N2O4/c1-4-30-15-18-11-9-17(10-12-18)14-25-22(27)21(13-16(2)3)26-23(28)19-7-5-6-8-20(19)24(26)29/h5-6,9-12,16,19-21H,4,7-8,13-15H2,1-3H3,(H,25,27). The summed E-state index contributed by atoms with van der Waals surface area (Å²) in [5.41, 5.74) is 2.04. The first-order valence-electron chi connectivity index (χ1n) is 10.9. The summed E-state index contributed by atoms with van der Waals surface area (Å²) < 4.78 is 5.40. The van der Waals surface area contributed by atoms with E-state index in [2.05, 4.69) is 5.32 Å². The smallest absolute Gasteiger partial charge is 0.243 e. The van der Waals surface area contributed by atoms with Crippen LogP contribution < -0.4 is 5.32 Å². The van der Waals surface area contributed by atoms with Crippen LogP contribution in [-0.2, 0) is 32.3 Å². The van der Waals surface area contributed by atoms with Gasteiger partial charge < -0.3 is 10.1 Å². The second-order valence-corrected chi connectivity index (χ2v) is 8.52. The Labute approximate surface area is 178 Å². The lowest BCUT2D eigenvalue weighted by Crippen LogP contribution is -2.50. The van der Waals surface area contributed by atoms with Crippen molar-refractivity contribution < 1.29 is 19.1 Å². The second-order valence-electron chi connectivity index (χ2n) is 8.52. The van der Waals surface area contributed by atoms with Crippen LogP contribution >= 0.6 is 0 Å². The first kappa shape index (κ1) is 22.2. The fourth-order valence-electron chi connectivity index (χ4n) is 4.19. The minimum absolute atomic E-state index is 0.181. The first-order valence-corrected chi connectivity index (χ1v) is 10.9. The van der Waals surface area contributed by atoms with Crippen LogP contribution in [0.3, 0.4) is 0 Å². The van der Waals surface area contributed by atoms with Crippen LogP contribution in [0.1, 0.15) is 51.2 Å². The fourth-order valence-corrected chi connectivity index (χ4v) is 4.19. The van der Waals surface area contributed by atoms with Gasteiger partial charge in [0, 0.05) is 13.2 Å². The predicted molar refractivity (Wildman–Crippen MR) is 114 cm³/mol. The van der Waals surface area contributed by atoms with E-state index in [0.717, 1.165) is 11.1 Å². The summed E-state index contributed by atoms with van der Waals surface area (Å²) >= 11 is 0. The number of likely N-dealkylation sites (tertiary alicyclic amines) is 1. The van der Waals surface area contributed by atoms with Crippen LogP contribution in [0.2, 0.25) is 0 Å². The maximum absolute atomic E-state index is 13.1. The normalized spacial score (nSPS) is 21.8. The quantitative estimate of drug-likeness (QED) is 0.499. The number of nitrogens with one attached hydrogen (secondary N) is 1. The highest BCUT2D eigenvalue weighted by atomic mass is 16.5. The van der Waals surface area contributed by atoms with Gasteiger partial charge in [0.15, 0.2) is 0 Å². The van der Waals surface area contributed by atoms with Crippen LogP contribution in [0.25, 0.3) is 0 Å². The summed E-state index contributed by atoms with van der Waals surface area (Å²) in [5, 5.41) is 2.93. The highest BCUT2D eigenvalue weighted by molar-refractivity contribution is 6.08. The van der Waals surface area contributed by atoms with E-state index in [1.165, 1.54) is 4.90 Å². The largest absolute Gasteiger partial charge is 0.377 e. The number of carbonyl (C=O) groups is 3. The number of hydrogen-bond donors (Lipinski definition) is 1. The van der Waals surface area contributed by atoms with Crippen molar-refractivity contribution in [2.24, 2.45) is 17.8 Å². The predicted octanol–water partition coefficient (Wildman–Crippen LogP) is 3.21. The molecule has 1 aliphatic heterocycles. The third kappa shape index (κ3) is 4.98. The number of benzene rings is 1. The van der Waals surface area contributed by atoms with E-state index in [4.69, 9.17) is 4.74 Å². The lowest BCUT2D eigenvalue weighted by atomic mass is 9.85. The molecule has 0 saturated carbocycles. The van der Waals surface area contributed by atoms with Gasteiger partial charge in [-0.15, -0.1) is 0 Å². The van der Waals surface area contributed by atoms with Crippen molar-refractivity contribution in [3.8, 4) is 0 Å². The van der Waals surface area contributed by atoms with Crippen molar-refractivity contribution >= 4 is 17.7 Å². The van der Waals surface area contributed by atoms with E-state index < -0.39 is 6.04 Å². The summed E-state index contributed by atoms with van der Waals surface area (Å²) in [6.45, 7) is 7.54. The van der Waals surface area contributed by atoms with Crippen molar-refractivity contribution in [3.63, 3.8) is 0 Å². The number of rotatable bonds is 9. The van der Waals surface area contributed by atoms with E-state index in [0.29, 0.717) is 39.0 Å². The molecule has 1 aromatic rings. The average molecular weight is 413 g/mol. The molecule has 3 unspecified atom stereocenters. The van der Waals surface area contributed by atoms with Gasteiger partial charge in [-0.3, -0.25) is 19.3 Å². The van der Waals surface area contributed by atoms with Gasteiger partial charge in [-0.1, -0.05) is 50.3 Å². The number of amides is 3. The van der Waals surface area contributed by atoms with Crippen molar-refractivity contribution in [1.29, 1.82) is 0 Å². The number of hydrogen-bond acceptors (Lipinski definition) is 4. The molecule has 3 amide bonds. The third-order valence-corrected chi connectivity index (χ3v) is 5.81. The molecule has 1 aromatic carbocycles. The molecule has 0 spiro atoms. The lowest BCUT2D eigenvalue weighted by molar-refractivity contribution is -0.148. The third-order valence-electron chi connectivity index (χ3n) is 5.81. The van der Waals surface area contributed by atoms with Crippen LogP contribution in [0, 0.1) is 17.8 Å². The van der Waals surface area contributed by atoms with Crippen LogP contribution in [0.4, 0.5) is 0 Å². The zero-order valence-electron chi connectivity index (χ0n) is 18.1. The lowest BCUT2D eigenvalue weighted by Gasteiger charge is -2.27. The zero-order valence-corrected chi connectivity index (χ0v) is 18.1. The molecule has 3 rings (SSSR count). The molecular weight excluding hydrogens is 380 g/mol. The van der Waals surface area contributed by atoms with E-state index in [-0.39, 0.29) is 35.5 Å². The Balaban J connectivity index is 1.67. The fraction of sp³-hybridized carbons (Fsp3) is 0.542. The number of fused-ring (bicyclic) bond motifs is 1. The molecule has 1 heterocycles. The summed E-state index contributed by atoms with van der Waals surface area (Å²) in [4.78, 5) is 40.2. The van der Waals surface area contributed by atoms with Crippen LogP contribution in [-0.4, -0.2) is 35.3 Å². The summed E-state index contributed by atoms with van der Waals surface area (Å²) in [5.74, 6) is -1.12. The molecule has 1 fully saturated rings. The summed E-state index contributed by atoms with van der Waals surface area (Å²) in [6, 6.07) is 7.12. The molecule has 1 aliphatic carbocycles. The monoisotopic (exact) mass is 412 g/mol. The Morgan fingerprint density at radius 1 is 1.07 bits per heavy atom. The summed E-state index contributed by atoms with van der Waals surface area (Å²) in [7, 11) is 0. The van der Waals surface area contributed by atoms with Gasteiger partial charge in [-0.2, -0.15) is 0 Å². The molecular formula is C24H32N2O4. The Hall–Kier alpha value is -2.47. The zero-order chi connectivity index (χ0) is 21.7. The first-order chi connectivity index (χ1) is 14.4. The molecule has 0 radical (unpaired) electrons. The molecule has 1 N–H and O–H groups in total. The molecule has 30 heavy (non-hydrogen) atoms. The van der Waals surface area contributed by atoms with Crippen LogP contribution in [0.5, 0.6) is 0 Å². The topological polar surface area (TPSA) is 75.7 Å². The highest BCUT2D eigenvalue weighted by Crippen LogP contribution is 2.37. The van der Waals surface area contributed by atoms with Crippen molar-refractivity contribution in [1.82, 2.24) is 10.2 Å². The number of ether oxygens (including phenoxy) is 1. The average Bonchev–Trinajstić information content (AvgIpc) is 3.00. The molecule has 0 aromatic heterocycles. The molecule has 6 nitrogen and oxygen atoms in total. The van der Waals surface area contributed by atoms with Crippen LogP contribution in [0.15, 0.2) is 36.4 Å². The van der Waals surface area contributed by atoms with E-state index in [1.807, 2.05) is 57.2 Å². The molecule has 0 bridgehead atoms. The molecule has 2 aliphatic rings. The van der Waals surface area contributed by atoms with E-state index in [9.17, 15) is 14.4 Å². The number of carbonyl (C=O) groups excluding carboxylic acids is 3. The van der Waals surface area contributed by atoms with Crippen molar-refractivity contribution in [2.75, 3.05) is 6.61 Å². The van der Waals surface area contributed by atoms with Gasteiger partial charge in [0.2, 0.25) is 17.7 Å². The number of nitrogens with zero attached hydrogens (tertiary/aromatic N) is 1. The number of allylic oxidation sites excluding steroid dienone is 2. The molecule has 162 valence electrons. The van der Waals surface area contributed by atoms with Gasteiger partial charge in [-0.05, 0) is 43.2 Å².